The van der Waals surface area contributed by atoms with Crippen molar-refractivity contribution in [3.63, 3.8) is 0 Å². The molecule has 3 heterocycles. The molecule has 1 aromatic carbocycles. The highest BCUT2D eigenvalue weighted by atomic mass is 16.5. The van der Waals surface area contributed by atoms with Crippen LogP contribution in [0, 0.1) is 0 Å². The Bertz CT molecular complexity index is 965. The summed E-state index contributed by atoms with van der Waals surface area (Å²) in [6.45, 7) is 0.964. The lowest BCUT2D eigenvalue weighted by molar-refractivity contribution is 0.0475. The molecule has 0 radical (unpaired) electrons. The van der Waals surface area contributed by atoms with Crippen molar-refractivity contribution < 1.29 is 19.1 Å². The lowest BCUT2D eigenvalue weighted by Crippen LogP contribution is -2.36. The van der Waals surface area contributed by atoms with Crippen LogP contribution in [0.2, 0.25) is 0 Å². The van der Waals surface area contributed by atoms with Gasteiger partial charge in [-0.2, -0.15) is 0 Å². The number of anilines is 2. The van der Waals surface area contributed by atoms with Gasteiger partial charge in [-0.25, -0.2) is 4.98 Å². The van der Waals surface area contributed by atoms with Gasteiger partial charge >= 0.3 is 0 Å². The van der Waals surface area contributed by atoms with E-state index >= 15 is 0 Å². The number of nitrogens with zero attached hydrogens (tertiary/aromatic N) is 3. The SMILES string of the molecule is CN(C)C(=O)c1ccc(Nc2ccc3c(c2)C(=O)N(CC2CCCO2)C3=O)nc1. The largest absolute Gasteiger partial charge is 0.376 e. The molecule has 3 amide bonds. The molecule has 8 nitrogen and oxygen atoms in total. The molecule has 1 saturated heterocycles. The predicted octanol–water partition coefficient (Wildman–Crippen LogP) is 2.30. The molecule has 1 unspecified atom stereocenters. The van der Waals surface area contributed by atoms with Crippen LogP contribution in [0.25, 0.3) is 0 Å². The maximum Gasteiger partial charge on any atom is 0.261 e. The monoisotopic (exact) mass is 394 g/mol. The molecule has 0 saturated carbocycles. The second-order valence-electron chi connectivity index (χ2n) is 7.37. The Balaban J connectivity index is 1.49. The third kappa shape index (κ3) is 3.71. The van der Waals surface area contributed by atoms with Crippen LogP contribution in [0.3, 0.4) is 0 Å². The van der Waals surface area contributed by atoms with Crippen molar-refractivity contribution in [1.29, 1.82) is 0 Å². The van der Waals surface area contributed by atoms with E-state index in [9.17, 15) is 14.4 Å². The number of nitrogens with one attached hydrogen (secondary N) is 1. The molecule has 2 aliphatic rings. The van der Waals surface area contributed by atoms with E-state index in [1.54, 1.807) is 44.4 Å². The summed E-state index contributed by atoms with van der Waals surface area (Å²) in [5.74, 6) is -0.175. The molecule has 2 aliphatic heterocycles. The van der Waals surface area contributed by atoms with Crippen molar-refractivity contribution in [1.82, 2.24) is 14.8 Å². The maximum atomic E-state index is 12.7. The Morgan fingerprint density at radius 2 is 2.00 bits per heavy atom. The zero-order valence-corrected chi connectivity index (χ0v) is 16.3. The fraction of sp³-hybridized carbons (Fsp3) is 0.333. The molecule has 1 fully saturated rings. The zero-order valence-electron chi connectivity index (χ0n) is 16.3. The zero-order chi connectivity index (χ0) is 20.5. The van der Waals surface area contributed by atoms with E-state index in [1.165, 1.54) is 16.0 Å². The van der Waals surface area contributed by atoms with Gasteiger partial charge in [0.2, 0.25) is 0 Å². The minimum absolute atomic E-state index is 0.0811. The van der Waals surface area contributed by atoms with Crippen LogP contribution in [0.1, 0.15) is 43.9 Å². The van der Waals surface area contributed by atoms with E-state index in [-0.39, 0.29) is 30.4 Å². The average Bonchev–Trinajstić information content (AvgIpc) is 3.31. The first-order valence-electron chi connectivity index (χ1n) is 9.50. The summed E-state index contributed by atoms with van der Waals surface area (Å²) < 4.78 is 5.56. The second kappa shape index (κ2) is 7.63. The van der Waals surface area contributed by atoms with E-state index in [0.29, 0.717) is 34.8 Å². The number of aromatic nitrogens is 1. The van der Waals surface area contributed by atoms with Gasteiger partial charge in [-0.05, 0) is 43.2 Å². The molecule has 0 spiro atoms. The Morgan fingerprint density at radius 1 is 1.21 bits per heavy atom. The van der Waals surface area contributed by atoms with Crippen LogP contribution < -0.4 is 5.32 Å². The Labute approximate surface area is 168 Å². The van der Waals surface area contributed by atoms with Crippen LogP contribution in [0.5, 0.6) is 0 Å². The van der Waals surface area contributed by atoms with E-state index in [1.807, 2.05) is 0 Å². The van der Waals surface area contributed by atoms with Gasteiger partial charge in [-0.15, -0.1) is 0 Å². The molecular formula is C21H22N4O4. The highest BCUT2D eigenvalue weighted by Crippen LogP contribution is 2.28. The molecule has 1 N–H and O–H groups in total. The van der Waals surface area contributed by atoms with Gasteiger partial charge < -0.3 is 15.0 Å². The summed E-state index contributed by atoms with van der Waals surface area (Å²) in [5, 5.41) is 3.11. The van der Waals surface area contributed by atoms with Crippen molar-refractivity contribution in [2.24, 2.45) is 0 Å². The number of carbonyl (C=O) groups excluding carboxylic acids is 3. The lowest BCUT2D eigenvalue weighted by atomic mass is 10.1. The standard InChI is InChI=1S/C21H22N4O4/c1-24(2)19(26)13-5-8-18(22-11-13)23-14-6-7-16-17(10-14)21(28)25(20(16)27)12-15-4-3-9-29-15/h5-8,10-11,15H,3-4,9,12H2,1-2H3,(H,22,23). The molecule has 0 aliphatic carbocycles. The first-order chi connectivity index (χ1) is 13.9. The van der Waals surface area contributed by atoms with Crippen molar-refractivity contribution >= 4 is 29.2 Å². The minimum Gasteiger partial charge on any atom is -0.376 e. The molecule has 4 rings (SSSR count). The number of benzene rings is 1. The van der Waals surface area contributed by atoms with Gasteiger partial charge in [0.1, 0.15) is 5.82 Å². The van der Waals surface area contributed by atoms with Crippen LogP contribution >= 0.6 is 0 Å². The van der Waals surface area contributed by atoms with Gasteiger partial charge in [-0.3, -0.25) is 19.3 Å². The summed E-state index contributed by atoms with van der Waals surface area (Å²) in [6.07, 6.45) is 3.23. The smallest absolute Gasteiger partial charge is 0.261 e. The number of amides is 3. The highest BCUT2D eigenvalue weighted by Gasteiger charge is 2.37. The molecule has 29 heavy (non-hydrogen) atoms. The first kappa shape index (κ1) is 19.1. The number of pyridine rings is 1. The lowest BCUT2D eigenvalue weighted by Gasteiger charge is -2.17. The number of hydrogen-bond donors (Lipinski definition) is 1. The number of fused-ring (bicyclic) bond motifs is 1. The number of rotatable bonds is 5. The molecule has 1 atom stereocenters. The van der Waals surface area contributed by atoms with E-state index in [0.717, 1.165) is 12.8 Å². The fourth-order valence-electron chi connectivity index (χ4n) is 3.53. The topological polar surface area (TPSA) is 91.8 Å². The van der Waals surface area contributed by atoms with E-state index in [4.69, 9.17) is 4.74 Å². The Hall–Kier alpha value is -3.26. The van der Waals surface area contributed by atoms with Gasteiger partial charge in [0, 0.05) is 32.6 Å². The molecule has 1 aromatic heterocycles. The van der Waals surface area contributed by atoms with Crippen molar-refractivity contribution in [3.05, 3.63) is 53.2 Å². The van der Waals surface area contributed by atoms with Crippen molar-refractivity contribution in [3.8, 4) is 0 Å². The van der Waals surface area contributed by atoms with Gasteiger partial charge in [-0.1, -0.05) is 0 Å². The van der Waals surface area contributed by atoms with Crippen molar-refractivity contribution in [2.45, 2.75) is 18.9 Å². The highest BCUT2D eigenvalue weighted by molar-refractivity contribution is 6.21. The summed E-state index contributed by atoms with van der Waals surface area (Å²) >= 11 is 0. The Kier molecular flexibility index (Phi) is 5.02. The first-order valence-corrected chi connectivity index (χ1v) is 9.50. The van der Waals surface area contributed by atoms with E-state index in [2.05, 4.69) is 10.3 Å². The second-order valence-corrected chi connectivity index (χ2v) is 7.37. The molecular weight excluding hydrogens is 372 g/mol. The molecule has 2 aromatic rings. The normalized spacial score (nSPS) is 18.1. The van der Waals surface area contributed by atoms with E-state index < -0.39 is 0 Å². The maximum absolute atomic E-state index is 12.7. The van der Waals surface area contributed by atoms with Crippen LogP contribution in [0.15, 0.2) is 36.5 Å². The molecule has 0 bridgehead atoms. The predicted molar refractivity (Wildman–Crippen MR) is 106 cm³/mol. The van der Waals surface area contributed by atoms with Gasteiger partial charge in [0.05, 0.1) is 29.3 Å². The summed E-state index contributed by atoms with van der Waals surface area (Å²) in [6, 6.07) is 8.42. The Morgan fingerprint density at radius 3 is 2.66 bits per heavy atom. The quantitative estimate of drug-likeness (QED) is 0.783. The number of ether oxygens (including phenoxy) is 1. The third-order valence-corrected chi connectivity index (χ3v) is 5.07. The van der Waals surface area contributed by atoms with Crippen LogP contribution in [0.4, 0.5) is 11.5 Å². The van der Waals surface area contributed by atoms with Crippen LogP contribution in [-0.2, 0) is 4.74 Å². The average molecular weight is 394 g/mol. The van der Waals surface area contributed by atoms with Crippen LogP contribution in [-0.4, -0.2) is 65.9 Å². The molecule has 8 heteroatoms. The fourth-order valence-corrected chi connectivity index (χ4v) is 3.53. The molecule has 150 valence electrons. The summed E-state index contributed by atoms with van der Waals surface area (Å²) in [5.41, 5.74) is 1.90. The van der Waals surface area contributed by atoms with Crippen molar-refractivity contribution in [2.75, 3.05) is 32.6 Å². The van der Waals surface area contributed by atoms with Gasteiger partial charge in [0.25, 0.3) is 17.7 Å². The number of hydrogen-bond acceptors (Lipinski definition) is 6. The van der Waals surface area contributed by atoms with Gasteiger partial charge in [0.15, 0.2) is 0 Å². The third-order valence-electron chi connectivity index (χ3n) is 5.07. The number of imide groups is 1. The summed E-state index contributed by atoms with van der Waals surface area (Å²) in [7, 11) is 3.36. The summed E-state index contributed by atoms with van der Waals surface area (Å²) in [4.78, 5) is 44.3. The number of carbonyl (C=O) groups is 3. The minimum atomic E-state index is -0.302.